The molecule has 3 rings (SSSR count). The lowest BCUT2D eigenvalue weighted by Gasteiger charge is -2.05. The third-order valence-electron chi connectivity index (χ3n) is 4.16. The van der Waals surface area contributed by atoms with Crippen molar-refractivity contribution in [2.24, 2.45) is 19.2 Å². The highest BCUT2D eigenvalue weighted by Gasteiger charge is 2.17. The first-order chi connectivity index (χ1) is 12.5. The van der Waals surface area contributed by atoms with Crippen LogP contribution in [0, 0.1) is 0 Å². The molecule has 136 valence electrons. The van der Waals surface area contributed by atoms with Gasteiger partial charge in [0.15, 0.2) is 11.2 Å². The summed E-state index contributed by atoms with van der Waals surface area (Å²) in [7, 11) is 4.64. The number of imidazole rings is 1. The van der Waals surface area contributed by atoms with Gasteiger partial charge in [-0.25, -0.2) is 10.2 Å². The molecule has 0 unspecified atom stereocenters. The summed E-state index contributed by atoms with van der Waals surface area (Å²) in [5, 5.41) is 4.18. The Kier molecular flexibility index (Phi) is 4.61. The zero-order chi connectivity index (χ0) is 18.8. The average Bonchev–Trinajstić information content (AvgIpc) is 3.04. The Morgan fingerprint density at radius 1 is 1.19 bits per heavy atom. The second kappa shape index (κ2) is 6.87. The zero-order valence-electron chi connectivity index (χ0n) is 15.1. The van der Waals surface area contributed by atoms with Crippen molar-refractivity contribution in [3.8, 4) is 5.75 Å². The molecule has 1 N–H and O–H groups in total. The van der Waals surface area contributed by atoms with E-state index in [1.807, 2.05) is 31.2 Å². The molecule has 2 aromatic heterocycles. The normalized spacial score (nSPS) is 11.4. The molecule has 9 nitrogen and oxygen atoms in total. The number of benzene rings is 1. The van der Waals surface area contributed by atoms with E-state index in [-0.39, 0.29) is 5.56 Å². The number of hydrazone groups is 1. The number of fused-ring (bicyclic) bond motifs is 1. The van der Waals surface area contributed by atoms with Gasteiger partial charge in [-0.1, -0.05) is 0 Å². The van der Waals surface area contributed by atoms with Gasteiger partial charge in [-0.05, 0) is 36.8 Å². The van der Waals surface area contributed by atoms with E-state index in [9.17, 15) is 9.59 Å². The van der Waals surface area contributed by atoms with Crippen molar-refractivity contribution in [2.75, 3.05) is 12.5 Å². The van der Waals surface area contributed by atoms with Crippen molar-refractivity contribution < 1.29 is 4.74 Å². The second-order valence-corrected chi connectivity index (χ2v) is 5.70. The molecule has 0 amide bonds. The van der Waals surface area contributed by atoms with Crippen LogP contribution in [0.1, 0.15) is 12.5 Å². The first kappa shape index (κ1) is 17.5. The van der Waals surface area contributed by atoms with Gasteiger partial charge in [0.1, 0.15) is 5.75 Å². The average molecular weight is 356 g/mol. The molecule has 1 aromatic carbocycles. The molecule has 0 atom stereocenters. The van der Waals surface area contributed by atoms with E-state index in [4.69, 9.17) is 4.74 Å². The summed E-state index contributed by atoms with van der Waals surface area (Å²) in [4.78, 5) is 28.9. The van der Waals surface area contributed by atoms with E-state index in [1.54, 1.807) is 24.9 Å². The number of nitrogens with one attached hydrogen (secondary N) is 1. The van der Waals surface area contributed by atoms with Crippen LogP contribution in [0.5, 0.6) is 5.75 Å². The highest BCUT2D eigenvalue weighted by molar-refractivity contribution is 5.80. The fourth-order valence-electron chi connectivity index (χ4n) is 2.69. The lowest BCUT2D eigenvalue weighted by atomic mass is 10.2. The topological polar surface area (TPSA) is 95.4 Å². The molecule has 0 aliphatic carbocycles. The Hall–Kier alpha value is -3.36. The first-order valence-electron chi connectivity index (χ1n) is 8.07. The van der Waals surface area contributed by atoms with E-state index < -0.39 is 5.69 Å². The van der Waals surface area contributed by atoms with Gasteiger partial charge >= 0.3 is 5.69 Å². The highest BCUT2D eigenvalue weighted by atomic mass is 16.5. The van der Waals surface area contributed by atoms with Crippen molar-refractivity contribution >= 4 is 23.3 Å². The van der Waals surface area contributed by atoms with Gasteiger partial charge in [0.05, 0.1) is 13.3 Å². The van der Waals surface area contributed by atoms with Crippen LogP contribution in [0.25, 0.3) is 11.2 Å². The van der Waals surface area contributed by atoms with Crippen LogP contribution in [0.4, 0.5) is 5.95 Å². The van der Waals surface area contributed by atoms with Crippen LogP contribution < -0.4 is 21.4 Å². The number of rotatable bonds is 5. The lowest BCUT2D eigenvalue weighted by molar-refractivity contribution is 0.415. The number of aryl methyl sites for hydroxylation is 2. The number of anilines is 1. The number of nitrogens with zero attached hydrogens (tertiary/aromatic N) is 5. The summed E-state index contributed by atoms with van der Waals surface area (Å²) >= 11 is 0. The Morgan fingerprint density at radius 2 is 1.88 bits per heavy atom. The minimum absolute atomic E-state index is 0.321. The van der Waals surface area contributed by atoms with E-state index in [0.717, 1.165) is 15.9 Å². The highest BCUT2D eigenvalue weighted by Crippen LogP contribution is 2.15. The smallest absolute Gasteiger partial charge is 0.332 e. The molecule has 2 heterocycles. The van der Waals surface area contributed by atoms with E-state index in [2.05, 4.69) is 15.5 Å². The van der Waals surface area contributed by atoms with E-state index in [0.29, 0.717) is 23.7 Å². The van der Waals surface area contributed by atoms with Gasteiger partial charge in [-0.15, -0.1) is 0 Å². The molecular formula is C17H20N6O3. The van der Waals surface area contributed by atoms with Crippen LogP contribution >= 0.6 is 0 Å². The number of aromatic nitrogens is 4. The van der Waals surface area contributed by atoms with Crippen LogP contribution in [0.2, 0.25) is 0 Å². The summed E-state index contributed by atoms with van der Waals surface area (Å²) in [5.74, 6) is 1.16. The van der Waals surface area contributed by atoms with E-state index >= 15 is 0 Å². The molecule has 0 saturated carbocycles. The van der Waals surface area contributed by atoms with Crippen LogP contribution in [0.15, 0.2) is 39.0 Å². The molecule has 9 heteroatoms. The maximum absolute atomic E-state index is 12.5. The molecular weight excluding hydrogens is 336 g/mol. The van der Waals surface area contributed by atoms with Gasteiger partial charge in [-0.2, -0.15) is 10.1 Å². The van der Waals surface area contributed by atoms with Gasteiger partial charge < -0.3 is 9.30 Å². The molecule has 0 saturated heterocycles. The summed E-state index contributed by atoms with van der Waals surface area (Å²) in [6.45, 7) is 2.40. The summed E-state index contributed by atoms with van der Waals surface area (Å²) in [6.07, 6.45) is 1.63. The SMILES string of the molecule is CCn1c(NN=Cc2ccc(OC)cc2)nc2c1c(=O)n(C)c(=O)n2C. The van der Waals surface area contributed by atoms with Crippen LogP contribution in [-0.2, 0) is 20.6 Å². The maximum Gasteiger partial charge on any atom is 0.332 e. The van der Waals surface area contributed by atoms with Crippen molar-refractivity contribution in [1.29, 1.82) is 0 Å². The first-order valence-corrected chi connectivity index (χ1v) is 8.07. The maximum atomic E-state index is 12.5. The number of ether oxygens (including phenoxy) is 1. The molecule has 0 radical (unpaired) electrons. The second-order valence-electron chi connectivity index (χ2n) is 5.70. The van der Waals surface area contributed by atoms with Gasteiger partial charge in [0.2, 0.25) is 5.95 Å². The Bertz CT molecular complexity index is 1090. The molecule has 0 aliphatic rings. The minimum atomic E-state index is -0.420. The van der Waals surface area contributed by atoms with E-state index in [1.165, 1.54) is 11.6 Å². The third-order valence-corrected chi connectivity index (χ3v) is 4.16. The predicted octanol–water partition coefficient (Wildman–Crippen LogP) is 0.908. The summed E-state index contributed by atoms with van der Waals surface area (Å²) in [5.41, 5.74) is 3.60. The summed E-state index contributed by atoms with van der Waals surface area (Å²) < 4.78 is 9.23. The molecule has 0 bridgehead atoms. The Morgan fingerprint density at radius 3 is 2.50 bits per heavy atom. The van der Waals surface area contributed by atoms with Gasteiger partial charge in [0, 0.05) is 20.6 Å². The standard InChI is InChI=1S/C17H20N6O3/c1-5-23-13-14(21(2)17(25)22(3)15(13)24)19-16(23)20-18-10-11-6-8-12(26-4)9-7-11/h6-10H,5H2,1-4H3,(H,19,20). The Balaban J connectivity index is 1.98. The number of hydrogen-bond acceptors (Lipinski definition) is 6. The van der Waals surface area contributed by atoms with Crippen molar-refractivity contribution in [2.45, 2.75) is 13.5 Å². The minimum Gasteiger partial charge on any atom is -0.497 e. The quantitative estimate of drug-likeness (QED) is 0.541. The van der Waals surface area contributed by atoms with Crippen LogP contribution in [0.3, 0.4) is 0 Å². The monoisotopic (exact) mass is 356 g/mol. The molecule has 26 heavy (non-hydrogen) atoms. The van der Waals surface area contributed by atoms with Crippen LogP contribution in [-0.4, -0.2) is 32.0 Å². The zero-order valence-corrected chi connectivity index (χ0v) is 15.1. The molecule has 0 aliphatic heterocycles. The summed E-state index contributed by atoms with van der Waals surface area (Å²) in [6, 6.07) is 7.41. The van der Waals surface area contributed by atoms with Gasteiger partial charge in [0.25, 0.3) is 5.56 Å². The Labute approximate surface area is 149 Å². The van der Waals surface area contributed by atoms with Crippen molar-refractivity contribution in [3.05, 3.63) is 50.7 Å². The lowest BCUT2D eigenvalue weighted by Crippen LogP contribution is -2.37. The molecule has 3 aromatic rings. The van der Waals surface area contributed by atoms with Gasteiger partial charge in [-0.3, -0.25) is 13.9 Å². The third kappa shape index (κ3) is 2.87. The fourth-order valence-corrected chi connectivity index (χ4v) is 2.69. The predicted molar refractivity (Wildman–Crippen MR) is 100 cm³/mol. The molecule has 0 spiro atoms. The fraction of sp³-hybridized carbons (Fsp3) is 0.294. The van der Waals surface area contributed by atoms with Crippen molar-refractivity contribution in [1.82, 2.24) is 18.7 Å². The molecule has 0 fully saturated rings. The number of methoxy groups -OCH3 is 1. The number of hydrogen-bond donors (Lipinski definition) is 1. The largest absolute Gasteiger partial charge is 0.497 e. The van der Waals surface area contributed by atoms with Crippen molar-refractivity contribution in [3.63, 3.8) is 0 Å².